The third kappa shape index (κ3) is 5.04. The SMILES string of the molecule is CCn1c(SCC(=O)NN=Cc2cccc(F)c2)nnc1-c1ccc(C)cc1. The molecule has 0 atom stereocenters. The van der Waals surface area contributed by atoms with E-state index in [0.29, 0.717) is 17.3 Å². The molecule has 0 aliphatic carbocycles. The lowest BCUT2D eigenvalue weighted by atomic mass is 10.1. The van der Waals surface area contributed by atoms with Crippen LogP contribution in [0.15, 0.2) is 58.8 Å². The van der Waals surface area contributed by atoms with Crippen LogP contribution in [0.4, 0.5) is 4.39 Å². The average Bonchev–Trinajstić information content (AvgIpc) is 3.10. The van der Waals surface area contributed by atoms with Crippen LogP contribution < -0.4 is 5.43 Å². The van der Waals surface area contributed by atoms with Crippen LogP contribution in [0.3, 0.4) is 0 Å². The topological polar surface area (TPSA) is 72.2 Å². The van der Waals surface area contributed by atoms with Gasteiger partial charge >= 0.3 is 0 Å². The number of hydrogen-bond donors (Lipinski definition) is 1. The van der Waals surface area contributed by atoms with Crippen molar-refractivity contribution in [2.45, 2.75) is 25.5 Å². The van der Waals surface area contributed by atoms with Gasteiger partial charge in [0.05, 0.1) is 12.0 Å². The van der Waals surface area contributed by atoms with E-state index in [1.165, 1.54) is 35.7 Å². The maximum absolute atomic E-state index is 13.1. The molecule has 0 radical (unpaired) electrons. The molecule has 28 heavy (non-hydrogen) atoms. The summed E-state index contributed by atoms with van der Waals surface area (Å²) in [5.41, 5.74) is 5.16. The lowest BCUT2D eigenvalue weighted by molar-refractivity contribution is -0.118. The minimum Gasteiger partial charge on any atom is -0.302 e. The summed E-state index contributed by atoms with van der Waals surface area (Å²) in [5.74, 6) is 0.288. The van der Waals surface area contributed by atoms with Crippen LogP contribution in [0.5, 0.6) is 0 Å². The summed E-state index contributed by atoms with van der Waals surface area (Å²) >= 11 is 1.29. The molecular weight excluding hydrogens is 377 g/mol. The summed E-state index contributed by atoms with van der Waals surface area (Å²) in [6.45, 7) is 4.73. The number of thioether (sulfide) groups is 1. The number of hydrogen-bond acceptors (Lipinski definition) is 5. The van der Waals surface area contributed by atoms with E-state index in [2.05, 4.69) is 20.7 Å². The Balaban J connectivity index is 1.59. The highest BCUT2D eigenvalue weighted by Gasteiger charge is 2.14. The molecule has 0 bridgehead atoms. The van der Waals surface area contributed by atoms with E-state index in [4.69, 9.17) is 0 Å². The number of halogens is 1. The number of carbonyl (C=O) groups is 1. The molecule has 3 aromatic rings. The molecule has 1 amide bonds. The predicted molar refractivity (Wildman–Crippen MR) is 109 cm³/mol. The number of nitrogens with zero attached hydrogens (tertiary/aromatic N) is 4. The number of hydrazone groups is 1. The minimum atomic E-state index is -0.353. The zero-order valence-corrected chi connectivity index (χ0v) is 16.4. The first kappa shape index (κ1) is 19.8. The molecule has 8 heteroatoms. The first-order valence-corrected chi connectivity index (χ1v) is 9.76. The van der Waals surface area contributed by atoms with Crippen molar-refractivity contribution in [3.05, 3.63) is 65.5 Å². The van der Waals surface area contributed by atoms with Crippen molar-refractivity contribution in [1.82, 2.24) is 20.2 Å². The van der Waals surface area contributed by atoms with Gasteiger partial charge in [-0.2, -0.15) is 5.10 Å². The Kier molecular flexibility index (Phi) is 6.54. The van der Waals surface area contributed by atoms with Gasteiger partial charge in [0.2, 0.25) is 0 Å². The highest BCUT2D eigenvalue weighted by atomic mass is 32.2. The number of amides is 1. The van der Waals surface area contributed by atoms with Crippen LogP contribution in [-0.4, -0.2) is 32.6 Å². The van der Waals surface area contributed by atoms with Crippen LogP contribution in [0.25, 0.3) is 11.4 Å². The molecule has 0 aliphatic heterocycles. The fourth-order valence-electron chi connectivity index (χ4n) is 2.52. The normalized spacial score (nSPS) is 11.1. The molecule has 0 aliphatic rings. The van der Waals surface area contributed by atoms with Gasteiger partial charge in [-0.05, 0) is 31.5 Å². The van der Waals surface area contributed by atoms with Gasteiger partial charge in [0, 0.05) is 12.1 Å². The van der Waals surface area contributed by atoms with Crippen LogP contribution >= 0.6 is 11.8 Å². The number of aryl methyl sites for hydroxylation is 1. The molecule has 0 fully saturated rings. The lowest BCUT2D eigenvalue weighted by Crippen LogP contribution is -2.20. The molecule has 144 valence electrons. The Morgan fingerprint density at radius 3 is 2.75 bits per heavy atom. The molecule has 0 saturated heterocycles. The molecule has 0 saturated carbocycles. The first-order valence-electron chi connectivity index (χ1n) is 8.77. The van der Waals surface area contributed by atoms with Gasteiger partial charge < -0.3 is 4.57 Å². The summed E-state index contributed by atoms with van der Waals surface area (Å²) in [7, 11) is 0. The highest BCUT2D eigenvalue weighted by Crippen LogP contribution is 2.24. The van der Waals surface area contributed by atoms with Gasteiger partial charge in [0.25, 0.3) is 5.91 Å². The number of carbonyl (C=O) groups excluding carboxylic acids is 1. The highest BCUT2D eigenvalue weighted by molar-refractivity contribution is 7.99. The van der Waals surface area contributed by atoms with Crippen molar-refractivity contribution in [1.29, 1.82) is 0 Å². The van der Waals surface area contributed by atoms with E-state index < -0.39 is 0 Å². The molecule has 3 rings (SSSR count). The van der Waals surface area contributed by atoms with Crippen molar-refractivity contribution in [3.63, 3.8) is 0 Å². The van der Waals surface area contributed by atoms with E-state index in [1.54, 1.807) is 12.1 Å². The smallest absolute Gasteiger partial charge is 0.250 e. The number of nitrogens with one attached hydrogen (secondary N) is 1. The van der Waals surface area contributed by atoms with Gasteiger partial charge in [-0.1, -0.05) is 53.7 Å². The van der Waals surface area contributed by atoms with E-state index in [9.17, 15) is 9.18 Å². The van der Waals surface area contributed by atoms with Crippen LogP contribution in [0.2, 0.25) is 0 Å². The van der Waals surface area contributed by atoms with Crippen molar-refractivity contribution in [3.8, 4) is 11.4 Å². The van der Waals surface area contributed by atoms with Gasteiger partial charge in [-0.25, -0.2) is 9.82 Å². The largest absolute Gasteiger partial charge is 0.302 e. The van der Waals surface area contributed by atoms with E-state index in [0.717, 1.165) is 11.4 Å². The Morgan fingerprint density at radius 1 is 1.25 bits per heavy atom. The number of rotatable bonds is 7. The molecule has 0 spiro atoms. The third-order valence-electron chi connectivity index (χ3n) is 3.93. The maximum atomic E-state index is 13.1. The summed E-state index contributed by atoms with van der Waals surface area (Å²) in [6.07, 6.45) is 1.40. The molecule has 2 aromatic carbocycles. The molecule has 0 unspecified atom stereocenters. The second kappa shape index (κ2) is 9.27. The molecule has 1 N–H and O–H groups in total. The fourth-order valence-corrected chi connectivity index (χ4v) is 3.32. The van der Waals surface area contributed by atoms with E-state index in [1.807, 2.05) is 42.7 Å². The lowest BCUT2D eigenvalue weighted by Gasteiger charge is -2.07. The average molecular weight is 397 g/mol. The van der Waals surface area contributed by atoms with Crippen molar-refractivity contribution < 1.29 is 9.18 Å². The molecule has 1 aromatic heterocycles. The molecule has 1 heterocycles. The summed E-state index contributed by atoms with van der Waals surface area (Å²) in [5, 5.41) is 13.0. The number of aromatic nitrogens is 3. The standard InChI is InChI=1S/C20H20FN5OS/c1-3-26-19(16-9-7-14(2)8-10-16)24-25-20(26)28-13-18(27)23-22-12-15-5-4-6-17(21)11-15/h4-12H,3,13H2,1-2H3,(H,23,27). The predicted octanol–water partition coefficient (Wildman–Crippen LogP) is 3.65. The van der Waals surface area contributed by atoms with Gasteiger partial charge in [-0.3, -0.25) is 4.79 Å². The fraction of sp³-hybridized carbons (Fsp3) is 0.200. The Labute approximate surface area is 166 Å². The van der Waals surface area contributed by atoms with Crippen LogP contribution in [0, 0.1) is 12.7 Å². The maximum Gasteiger partial charge on any atom is 0.250 e. The van der Waals surface area contributed by atoms with Crippen LogP contribution in [-0.2, 0) is 11.3 Å². The van der Waals surface area contributed by atoms with Gasteiger partial charge in [0.15, 0.2) is 11.0 Å². The Bertz CT molecular complexity index is 985. The molecule has 6 nitrogen and oxygen atoms in total. The Morgan fingerprint density at radius 2 is 2.04 bits per heavy atom. The second-order valence-corrected chi connectivity index (χ2v) is 7.00. The first-order chi connectivity index (χ1) is 13.6. The minimum absolute atomic E-state index is 0.145. The van der Waals surface area contributed by atoms with E-state index >= 15 is 0 Å². The van der Waals surface area contributed by atoms with Crippen molar-refractivity contribution in [2.24, 2.45) is 5.10 Å². The van der Waals surface area contributed by atoms with Gasteiger partial charge in [-0.15, -0.1) is 10.2 Å². The van der Waals surface area contributed by atoms with E-state index in [-0.39, 0.29) is 17.5 Å². The quantitative estimate of drug-likeness (QED) is 0.375. The summed E-state index contributed by atoms with van der Waals surface area (Å²) in [6, 6.07) is 14.0. The third-order valence-corrected chi connectivity index (χ3v) is 4.89. The number of benzene rings is 2. The monoisotopic (exact) mass is 397 g/mol. The van der Waals surface area contributed by atoms with Gasteiger partial charge in [0.1, 0.15) is 5.82 Å². The summed E-state index contributed by atoms with van der Waals surface area (Å²) < 4.78 is 15.1. The second-order valence-electron chi connectivity index (χ2n) is 6.05. The molecular formula is C20H20FN5OS. The zero-order valence-electron chi connectivity index (χ0n) is 15.6. The van der Waals surface area contributed by atoms with Crippen molar-refractivity contribution in [2.75, 3.05) is 5.75 Å². The Hall–Kier alpha value is -3.00. The van der Waals surface area contributed by atoms with Crippen molar-refractivity contribution >= 4 is 23.9 Å². The zero-order chi connectivity index (χ0) is 19.9. The van der Waals surface area contributed by atoms with Crippen LogP contribution in [0.1, 0.15) is 18.1 Å². The summed E-state index contributed by atoms with van der Waals surface area (Å²) in [4.78, 5) is 12.0.